The molecule has 22 heavy (non-hydrogen) atoms. The molecule has 2 heterocycles. The highest BCUT2D eigenvalue weighted by Gasteiger charge is 2.28. The van der Waals surface area contributed by atoms with Crippen LogP contribution in [-0.4, -0.2) is 55.2 Å². The fourth-order valence-electron chi connectivity index (χ4n) is 3.36. The summed E-state index contributed by atoms with van der Waals surface area (Å²) in [7, 11) is 0. The zero-order valence-electron chi connectivity index (χ0n) is 14.1. The molecule has 0 spiro atoms. The Hall–Kier alpha value is -0.970. The molecule has 0 radical (unpaired) electrons. The Morgan fingerprint density at radius 2 is 1.86 bits per heavy atom. The zero-order chi connectivity index (χ0) is 15.9. The molecule has 3 rings (SSSR count). The van der Waals surface area contributed by atoms with Crippen LogP contribution in [0.15, 0.2) is 18.2 Å². The minimum absolute atomic E-state index is 0.121. The lowest BCUT2D eigenvalue weighted by atomic mass is 10.1. The Balaban J connectivity index is 0.000000847. The first-order chi connectivity index (χ1) is 10.7. The Labute approximate surface area is 134 Å². The van der Waals surface area contributed by atoms with Gasteiger partial charge in [0, 0.05) is 38.8 Å². The van der Waals surface area contributed by atoms with Crippen LogP contribution < -0.4 is 0 Å². The van der Waals surface area contributed by atoms with E-state index in [2.05, 4.69) is 15.9 Å². The molecule has 2 saturated heterocycles. The Kier molecular flexibility index (Phi) is 6.80. The lowest BCUT2D eigenvalue weighted by molar-refractivity contribution is 0.0184. The number of hydrogen-bond donors (Lipinski definition) is 0. The molecule has 3 nitrogen and oxygen atoms in total. The van der Waals surface area contributed by atoms with Crippen LogP contribution in [0.2, 0.25) is 0 Å². The molecule has 0 aliphatic carbocycles. The van der Waals surface area contributed by atoms with Gasteiger partial charge in [-0.25, -0.2) is 4.39 Å². The van der Waals surface area contributed by atoms with Gasteiger partial charge in [-0.3, -0.25) is 9.80 Å². The van der Waals surface area contributed by atoms with Crippen LogP contribution in [0.5, 0.6) is 0 Å². The molecule has 1 unspecified atom stereocenters. The Bertz CT molecular complexity index is 440. The first-order valence-electron chi connectivity index (χ1n) is 8.51. The van der Waals surface area contributed by atoms with Crippen LogP contribution in [0.25, 0.3) is 0 Å². The van der Waals surface area contributed by atoms with Crippen molar-refractivity contribution >= 4 is 0 Å². The van der Waals surface area contributed by atoms with Gasteiger partial charge in [-0.15, -0.1) is 0 Å². The lowest BCUT2D eigenvalue weighted by Crippen LogP contribution is -2.44. The van der Waals surface area contributed by atoms with Crippen molar-refractivity contribution in [3.8, 4) is 0 Å². The van der Waals surface area contributed by atoms with Gasteiger partial charge in [0.25, 0.3) is 0 Å². The summed E-state index contributed by atoms with van der Waals surface area (Å²) in [6.45, 7) is 12.8. The molecule has 1 aromatic rings. The van der Waals surface area contributed by atoms with E-state index in [-0.39, 0.29) is 5.82 Å². The SMILES string of the molecule is CC.Cc1cc(F)cc(CN2CCC(N3CCOCC3)C2)c1. The summed E-state index contributed by atoms with van der Waals surface area (Å²) in [5, 5.41) is 0. The molecule has 1 aromatic carbocycles. The van der Waals surface area contributed by atoms with Gasteiger partial charge in [0.15, 0.2) is 0 Å². The average Bonchev–Trinajstić information content (AvgIpc) is 2.98. The molecule has 1 atom stereocenters. The van der Waals surface area contributed by atoms with E-state index in [0.29, 0.717) is 6.04 Å². The fourth-order valence-corrected chi connectivity index (χ4v) is 3.36. The van der Waals surface area contributed by atoms with Gasteiger partial charge >= 0.3 is 0 Å². The second-order valence-corrected chi connectivity index (χ2v) is 5.96. The van der Waals surface area contributed by atoms with Crippen molar-refractivity contribution in [2.45, 2.75) is 39.8 Å². The number of likely N-dealkylation sites (tertiary alicyclic amines) is 1. The molecule has 2 fully saturated rings. The first-order valence-corrected chi connectivity index (χ1v) is 8.51. The molecular formula is C18H29FN2O. The predicted molar refractivity (Wildman–Crippen MR) is 88.6 cm³/mol. The summed E-state index contributed by atoms with van der Waals surface area (Å²) < 4.78 is 18.8. The number of hydrogen-bond acceptors (Lipinski definition) is 3. The highest BCUT2D eigenvalue weighted by molar-refractivity contribution is 5.23. The highest BCUT2D eigenvalue weighted by Crippen LogP contribution is 2.20. The number of ether oxygens (including phenoxy) is 1. The van der Waals surface area contributed by atoms with Crippen LogP contribution in [-0.2, 0) is 11.3 Å². The molecule has 0 saturated carbocycles. The van der Waals surface area contributed by atoms with E-state index in [9.17, 15) is 4.39 Å². The van der Waals surface area contributed by atoms with E-state index in [1.165, 1.54) is 6.42 Å². The van der Waals surface area contributed by atoms with Crippen molar-refractivity contribution in [1.29, 1.82) is 0 Å². The number of aryl methyl sites for hydroxylation is 1. The molecule has 124 valence electrons. The van der Waals surface area contributed by atoms with Gasteiger partial charge in [0.05, 0.1) is 13.2 Å². The Morgan fingerprint density at radius 3 is 2.55 bits per heavy atom. The molecule has 0 amide bonds. The molecule has 4 heteroatoms. The summed E-state index contributed by atoms with van der Waals surface area (Å²) >= 11 is 0. The molecule has 2 aliphatic heterocycles. The van der Waals surface area contributed by atoms with E-state index >= 15 is 0 Å². The smallest absolute Gasteiger partial charge is 0.123 e. The van der Waals surface area contributed by atoms with Gasteiger partial charge in [0.2, 0.25) is 0 Å². The van der Waals surface area contributed by atoms with E-state index in [0.717, 1.165) is 57.1 Å². The standard InChI is InChI=1S/C16H23FN2O.C2H6/c1-13-8-14(10-15(17)9-13)11-18-3-2-16(12-18)19-4-6-20-7-5-19;1-2/h8-10,16H,2-7,11-12H2,1H3;1-2H3. The van der Waals surface area contributed by atoms with E-state index < -0.39 is 0 Å². The molecule has 0 N–H and O–H groups in total. The number of halogens is 1. The minimum Gasteiger partial charge on any atom is -0.379 e. The van der Waals surface area contributed by atoms with Crippen LogP contribution >= 0.6 is 0 Å². The number of benzene rings is 1. The minimum atomic E-state index is -0.121. The van der Waals surface area contributed by atoms with Crippen LogP contribution in [0.4, 0.5) is 4.39 Å². The summed E-state index contributed by atoms with van der Waals surface area (Å²) in [4.78, 5) is 4.98. The number of morpholine rings is 1. The maximum atomic E-state index is 13.4. The molecule has 2 aliphatic rings. The van der Waals surface area contributed by atoms with Crippen molar-refractivity contribution in [3.05, 3.63) is 35.1 Å². The topological polar surface area (TPSA) is 15.7 Å². The summed E-state index contributed by atoms with van der Waals surface area (Å²) in [5.41, 5.74) is 2.09. The van der Waals surface area contributed by atoms with Gasteiger partial charge in [-0.05, 0) is 36.6 Å². The van der Waals surface area contributed by atoms with Gasteiger partial charge in [-0.1, -0.05) is 19.9 Å². The van der Waals surface area contributed by atoms with Gasteiger partial charge in [0.1, 0.15) is 5.82 Å². The van der Waals surface area contributed by atoms with Crippen molar-refractivity contribution < 1.29 is 9.13 Å². The van der Waals surface area contributed by atoms with Gasteiger partial charge < -0.3 is 4.74 Å². The molecule has 0 bridgehead atoms. The molecule has 0 aromatic heterocycles. The molecular weight excluding hydrogens is 279 g/mol. The van der Waals surface area contributed by atoms with Crippen molar-refractivity contribution in [1.82, 2.24) is 9.80 Å². The highest BCUT2D eigenvalue weighted by atomic mass is 19.1. The normalized spacial score (nSPS) is 23.2. The number of rotatable bonds is 3. The predicted octanol–water partition coefficient (Wildman–Crippen LogP) is 3.07. The summed E-state index contributed by atoms with van der Waals surface area (Å²) in [5.74, 6) is -0.121. The maximum Gasteiger partial charge on any atom is 0.123 e. The first kappa shape index (κ1) is 17.4. The quantitative estimate of drug-likeness (QED) is 0.853. The largest absolute Gasteiger partial charge is 0.379 e. The van der Waals surface area contributed by atoms with Crippen LogP contribution in [0.1, 0.15) is 31.4 Å². The third kappa shape index (κ3) is 4.77. The van der Waals surface area contributed by atoms with E-state index in [1.54, 1.807) is 12.1 Å². The van der Waals surface area contributed by atoms with Crippen molar-refractivity contribution in [3.63, 3.8) is 0 Å². The summed E-state index contributed by atoms with van der Waals surface area (Å²) in [6, 6.07) is 5.98. The maximum absolute atomic E-state index is 13.4. The lowest BCUT2D eigenvalue weighted by Gasteiger charge is -2.32. The third-order valence-electron chi connectivity index (χ3n) is 4.32. The van der Waals surface area contributed by atoms with Crippen LogP contribution in [0, 0.1) is 12.7 Å². The second-order valence-electron chi connectivity index (χ2n) is 5.96. The van der Waals surface area contributed by atoms with Crippen molar-refractivity contribution in [2.24, 2.45) is 0 Å². The van der Waals surface area contributed by atoms with Gasteiger partial charge in [-0.2, -0.15) is 0 Å². The Morgan fingerprint density at radius 1 is 1.14 bits per heavy atom. The number of nitrogens with zero attached hydrogens (tertiary/aromatic N) is 2. The van der Waals surface area contributed by atoms with E-state index in [1.807, 2.05) is 20.8 Å². The monoisotopic (exact) mass is 308 g/mol. The average molecular weight is 308 g/mol. The second kappa shape index (κ2) is 8.61. The summed E-state index contributed by atoms with van der Waals surface area (Å²) in [6.07, 6.45) is 1.22. The fraction of sp³-hybridized carbons (Fsp3) is 0.667. The van der Waals surface area contributed by atoms with Crippen LogP contribution in [0.3, 0.4) is 0 Å². The zero-order valence-corrected chi connectivity index (χ0v) is 14.1. The van der Waals surface area contributed by atoms with Crippen molar-refractivity contribution in [2.75, 3.05) is 39.4 Å². The van der Waals surface area contributed by atoms with E-state index in [4.69, 9.17) is 4.74 Å². The third-order valence-corrected chi connectivity index (χ3v) is 4.32.